The van der Waals surface area contributed by atoms with Crippen molar-refractivity contribution in [2.45, 2.75) is 0 Å². The van der Waals surface area contributed by atoms with Crippen LogP contribution in [0.25, 0.3) is 0 Å². The molecule has 0 amide bonds. The molecule has 0 saturated carbocycles. The van der Waals surface area contributed by atoms with Gasteiger partial charge in [0.05, 0.1) is 12.7 Å². The van der Waals surface area contributed by atoms with E-state index in [2.05, 4.69) is 4.74 Å². The van der Waals surface area contributed by atoms with E-state index in [1.165, 1.54) is 18.2 Å². The summed E-state index contributed by atoms with van der Waals surface area (Å²) in [5.74, 6) is -3.24. The highest BCUT2D eigenvalue weighted by Crippen LogP contribution is 2.32. The van der Waals surface area contributed by atoms with Crippen molar-refractivity contribution in [3.05, 3.63) is 47.5 Å². The van der Waals surface area contributed by atoms with Crippen LogP contribution in [-0.4, -0.2) is 34.4 Å². The Morgan fingerprint density at radius 3 is 2.18 bits per heavy atom. The van der Waals surface area contributed by atoms with E-state index in [1.807, 2.05) is 0 Å². The summed E-state index contributed by atoms with van der Waals surface area (Å²) in [4.78, 5) is 23.6. The molecule has 2 aromatic carbocycles. The van der Waals surface area contributed by atoms with Crippen molar-refractivity contribution >= 4 is 11.9 Å². The molecular formula is C15H12O7. The summed E-state index contributed by atoms with van der Waals surface area (Å²) in [6, 6.07) is 7.11. The Morgan fingerprint density at radius 2 is 1.59 bits per heavy atom. The summed E-state index contributed by atoms with van der Waals surface area (Å²) in [6.45, 7) is 0. The predicted octanol–water partition coefficient (Wildman–Crippen LogP) is 1.81. The molecule has 0 heterocycles. The molecule has 2 rings (SSSR count). The number of rotatable bonds is 3. The Kier molecular flexibility index (Phi) is 4.17. The van der Waals surface area contributed by atoms with Gasteiger partial charge in [-0.1, -0.05) is 6.07 Å². The lowest BCUT2D eigenvalue weighted by atomic mass is 10.1. The van der Waals surface area contributed by atoms with Crippen molar-refractivity contribution < 1.29 is 34.4 Å². The molecule has 0 aromatic heterocycles. The number of hydrogen-bond acceptors (Lipinski definition) is 7. The molecule has 114 valence electrons. The summed E-state index contributed by atoms with van der Waals surface area (Å²) in [5.41, 5.74) is -0.295. The first-order valence-electron chi connectivity index (χ1n) is 6.08. The van der Waals surface area contributed by atoms with Crippen LogP contribution in [0.3, 0.4) is 0 Å². The minimum Gasteiger partial charge on any atom is -0.508 e. The lowest BCUT2D eigenvalue weighted by Crippen LogP contribution is -2.12. The summed E-state index contributed by atoms with van der Waals surface area (Å²) in [5, 5.41) is 28.5. The van der Waals surface area contributed by atoms with Gasteiger partial charge in [0.25, 0.3) is 0 Å². The molecule has 7 nitrogen and oxygen atoms in total. The standard InChI is InChI=1S/C15H12O7/c1-21-15(20)11-3-2-4-12(18)13(11)22-14(19)8-5-9(16)7-10(17)6-8/h2-7,16-18H,1H3. The molecule has 0 aliphatic heterocycles. The molecule has 0 saturated heterocycles. The van der Waals surface area contributed by atoms with Gasteiger partial charge >= 0.3 is 11.9 Å². The van der Waals surface area contributed by atoms with E-state index in [9.17, 15) is 24.9 Å². The third kappa shape index (κ3) is 3.09. The van der Waals surface area contributed by atoms with Gasteiger partial charge in [0.15, 0.2) is 11.5 Å². The normalized spacial score (nSPS) is 10.0. The average Bonchev–Trinajstić information content (AvgIpc) is 2.47. The molecule has 7 heteroatoms. The fourth-order valence-corrected chi connectivity index (χ4v) is 1.77. The van der Waals surface area contributed by atoms with Crippen molar-refractivity contribution in [2.24, 2.45) is 0 Å². The van der Waals surface area contributed by atoms with Crippen LogP contribution >= 0.6 is 0 Å². The number of esters is 2. The Bertz CT molecular complexity index is 716. The molecule has 0 bridgehead atoms. The van der Waals surface area contributed by atoms with E-state index >= 15 is 0 Å². The van der Waals surface area contributed by atoms with Gasteiger partial charge in [-0.3, -0.25) is 0 Å². The van der Waals surface area contributed by atoms with Gasteiger partial charge in [0.2, 0.25) is 0 Å². The summed E-state index contributed by atoms with van der Waals surface area (Å²) in [7, 11) is 1.14. The van der Waals surface area contributed by atoms with Crippen molar-refractivity contribution in [2.75, 3.05) is 7.11 Å². The fraction of sp³-hybridized carbons (Fsp3) is 0.0667. The number of benzene rings is 2. The van der Waals surface area contributed by atoms with E-state index in [1.54, 1.807) is 0 Å². The maximum Gasteiger partial charge on any atom is 0.343 e. The van der Waals surface area contributed by atoms with E-state index in [0.717, 1.165) is 25.3 Å². The highest BCUT2D eigenvalue weighted by Gasteiger charge is 2.21. The molecule has 0 radical (unpaired) electrons. The Morgan fingerprint density at radius 1 is 0.955 bits per heavy atom. The molecule has 0 aliphatic rings. The van der Waals surface area contributed by atoms with E-state index in [0.29, 0.717) is 0 Å². The number of phenols is 3. The zero-order valence-electron chi connectivity index (χ0n) is 11.4. The fourth-order valence-electron chi connectivity index (χ4n) is 1.77. The van der Waals surface area contributed by atoms with Crippen molar-refractivity contribution in [1.82, 2.24) is 0 Å². The quantitative estimate of drug-likeness (QED) is 0.585. The Labute approximate surface area is 125 Å². The molecular weight excluding hydrogens is 292 g/mol. The van der Waals surface area contributed by atoms with Crippen LogP contribution in [0.2, 0.25) is 0 Å². The first-order valence-corrected chi connectivity index (χ1v) is 6.08. The first kappa shape index (κ1) is 15.2. The second-order valence-electron chi connectivity index (χ2n) is 4.27. The number of carbonyl (C=O) groups excluding carboxylic acids is 2. The maximum atomic E-state index is 12.0. The zero-order valence-corrected chi connectivity index (χ0v) is 11.4. The molecule has 3 N–H and O–H groups in total. The third-order valence-corrected chi connectivity index (χ3v) is 2.73. The highest BCUT2D eigenvalue weighted by molar-refractivity contribution is 5.97. The molecule has 0 unspecified atom stereocenters. The van der Waals surface area contributed by atoms with E-state index < -0.39 is 17.7 Å². The minimum atomic E-state index is -0.974. The summed E-state index contributed by atoms with van der Waals surface area (Å²) in [6.07, 6.45) is 0. The van der Waals surface area contributed by atoms with Crippen LogP contribution in [0.4, 0.5) is 0 Å². The lowest BCUT2D eigenvalue weighted by molar-refractivity contribution is 0.0591. The third-order valence-electron chi connectivity index (χ3n) is 2.73. The summed E-state index contributed by atoms with van der Waals surface area (Å²) < 4.78 is 9.52. The van der Waals surface area contributed by atoms with Gasteiger partial charge in [-0.2, -0.15) is 0 Å². The number of carbonyl (C=O) groups is 2. The largest absolute Gasteiger partial charge is 0.508 e. The number of phenolic OH excluding ortho intramolecular Hbond substituents is 3. The minimum absolute atomic E-state index is 0.139. The smallest absolute Gasteiger partial charge is 0.343 e. The van der Waals surface area contributed by atoms with E-state index in [-0.39, 0.29) is 28.4 Å². The monoisotopic (exact) mass is 304 g/mol. The SMILES string of the molecule is COC(=O)c1cccc(O)c1OC(=O)c1cc(O)cc(O)c1. The zero-order chi connectivity index (χ0) is 16.3. The lowest BCUT2D eigenvalue weighted by Gasteiger charge is -2.10. The molecule has 0 aliphatic carbocycles. The van der Waals surface area contributed by atoms with Crippen LogP contribution in [0.15, 0.2) is 36.4 Å². The van der Waals surface area contributed by atoms with Crippen LogP contribution < -0.4 is 4.74 Å². The second-order valence-corrected chi connectivity index (χ2v) is 4.27. The van der Waals surface area contributed by atoms with Gasteiger partial charge in [-0.25, -0.2) is 9.59 Å². The highest BCUT2D eigenvalue weighted by atomic mass is 16.5. The number of aromatic hydroxyl groups is 3. The molecule has 22 heavy (non-hydrogen) atoms. The van der Waals surface area contributed by atoms with E-state index in [4.69, 9.17) is 4.74 Å². The van der Waals surface area contributed by atoms with Gasteiger partial charge in [-0.05, 0) is 24.3 Å². The topological polar surface area (TPSA) is 113 Å². The number of para-hydroxylation sites is 1. The predicted molar refractivity (Wildman–Crippen MR) is 74.2 cm³/mol. The molecule has 2 aromatic rings. The van der Waals surface area contributed by atoms with Crippen molar-refractivity contribution in [3.63, 3.8) is 0 Å². The number of hydrogen-bond donors (Lipinski definition) is 3. The van der Waals surface area contributed by atoms with Gasteiger partial charge < -0.3 is 24.8 Å². The Hall–Kier alpha value is -3.22. The van der Waals surface area contributed by atoms with Crippen LogP contribution in [-0.2, 0) is 4.74 Å². The van der Waals surface area contributed by atoms with Gasteiger partial charge in [-0.15, -0.1) is 0 Å². The number of ether oxygens (including phenoxy) is 2. The first-order chi connectivity index (χ1) is 10.4. The molecule has 0 atom stereocenters. The maximum absolute atomic E-state index is 12.0. The van der Waals surface area contributed by atoms with Gasteiger partial charge in [0, 0.05) is 6.07 Å². The molecule has 0 spiro atoms. The van der Waals surface area contributed by atoms with Crippen LogP contribution in [0, 0.1) is 0 Å². The van der Waals surface area contributed by atoms with Crippen LogP contribution in [0.5, 0.6) is 23.0 Å². The van der Waals surface area contributed by atoms with Crippen molar-refractivity contribution in [1.29, 1.82) is 0 Å². The van der Waals surface area contributed by atoms with Crippen molar-refractivity contribution in [3.8, 4) is 23.0 Å². The molecule has 0 fully saturated rings. The number of methoxy groups -OCH3 is 1. The second kappa shape index (κ2) is 6.04. The van der Waals surface area contributed by atoms with Gasteiger partial charge in [0.1, 0.15) is 17.1 Å². The summed E-state index contributed by atoms with van der Waals surface area (Å²) >= 11 is 0. The Balaban J connectivity index is 2.38. The average molecular weight is 304 g/mol. The van der Waals surface area contributed by atoms with Crippen LogP contribution in [0.1, 0.15) is 20.7 Å².